The van der Waals surface area contributed by atoms with Gasteiger partial charge in [-0.2, -0.15) is 0 Å². The van der Waals surface area contributed by atoms with Crippen LogP contribution in [0.3, 0.4) is 0 Å². The summed E-state index contributed by atoms with van der Waals surface area (Å²) in [6.45, 7) is 0.522. The van der Waals surface area contributed by atoms with Crippen LogP contribution >= 0.6 is 11.8 Å². The number of nitrogens with two attached hydrogens (primary N) is 1. The molecule has 26 heavy (non-hydrogen) atoms. The Morgan fingerprint density at radius 2 is 1.73 bits per heavy atom. The highest BCUT2D eigenvalue weighted by atomic mass is 35.5. The van der Waals surface area contributed by atoms with Crippen molar-refractivity contribution in [2.24, 2.45) is 5.73 Å². The van der Waals surface area contributed by atoms with Crippen LogP contribution < -0.4 is 28.0 Å². The maximum Gasteiger partial charge on any atom is 0.252 e. The topological polar surface area (TPSA) is 93.1 Å². The number of hydrogen-bond donors (Lipinski definition) is 2. The molecule has 1 heterocycles. The molecule has 0 saturated carbocycles. The lowest BCUT2D eigenvalue weighted by molar-refractivity contribution is -0.697. The Balaban J connectivity index is 0.00000338. The molecular formula is C18H20ClN3O3S. The van der Waals surface area contributed by atoms with Gasteiger partial charge in [0.2, 0.25) is 5.91 Å². The SMILES string of the molecule is NC(=O)CNC(=O)c1ccccc1SC(=O)CCC[n+]1ccccc1.[Cl-]. The van der Waals surface area contributed by atoms with Crippen molar-refractivity contribution in [3.8, 4) is 0 Å². The monoisotopic (exact) mass is 393 g/mol. The van der Waals surface area contributed by atoms with E-state index in [0.717, 1.165) is 24.7 Å². The first-order chi connectivity index (χ1) is 12.1. The minimum Gasteiger partial charge on any atom is -1.00 e. The van der Waals surface area contributed by atoms with Crippen LogP contribution in [0.1, 0.15) is 23.2 Å². The fourth-order valence-corrected chi connectivity index (χ4v) is 3.08. The van der Waals surface area contributed by atoms with Crippen molar-refractivity contribution < 1.29 is 31.4 Å². The zero-order valence-corrected chi connectivity index (χ0v) is 15.6. The first kappa shape index (κ1) is 21.7. The number of rotatable bonds is 8. The fraction of sp³-hybridized carbons (Fsp3) is 0.222. The van der Waals surface area contributed by atoms with Gasteiger partial charge < -0.3 is 23.5 Å². The van der Waals surface area contributed by atoms with Gasteiger partial charge in [-0.15, -0.1) is 0 Å². The van der Waals surface area contributed by atoms with E-state index in [2.05, 4.69) is 5.32 Å². The first-order valence-electron chi connectivity index (χ1n) is 7.86. The summed E-state index contributed by atoms with van der Waals surface area (Å²) in [5.74, 6) is -1.04. The molecule has 0 spiro atoms. The van der Waals surface area contributed by atoms with Gasteiger partial charge in [0, 0.05) is 29.9 Å². The number of pyridine rings is 1. The van der Waals surface area contributed by atoms with Gasteiger partial charge in [0.1, 0.15) is 6.54 Å². The number of aryl methyl sites for hydroxylation is 1. The Bertz CT molecular complexity index is 756. The summed E-state index contributed by atoms with van der Waals surface area (Å²) in [6, 6.07) is 12.6. The van der Waals surface area contributed by atoms with E-state index in [-0.39, 0.29) is 24.1 Å². The Morgan fingerprint density at radius 3 is 2.42 bits per heavy atom. The van der Waals surface area contributed by atoms with Crippen molar-refractivity contribution in [2.75, 3.05) is 6.54 Å². The van der Waals surface area contributed by atoms with Gasteiger partial charge in [-0.25, -0.2) is 4.57 Å². The fourth-order valence-electron chi connectivity index (χ4n) is 2.17. The van der Waals surface area contributed by atoms with Crippen molar-refractivity contribution in [3.05, 3.63) is 60.4 Å². The summed E-state index contributed by atoms with van der Waals surface area (Å²) in [7, 11) is 0. The molecule has 0 radical (unpaired) electrons. The number of nitrogens with zero attached hydrogens (tertiary/aromatic N) is 1. The summed E-state index contributed by atoms with van der Waals surface area (Å²) >= 11 is 1.04. The van der Waals surface area contributed by atoms with Gasteiger partial charge in [0.05, 0.1) is 12.1 Å². The number of primary amides is 1. The van der Waals surface area contributed by atoms with E-state index < -0.39 is 11.8 Å². The van der Waals surface area contributed by atoms with Gasteiger partial charge >= 0.3 is 0 Å². The number of amides is 2. The molecule has 3 N–H and O–H groups in total. The number of halogens is 1. The highest BCUT2D eigenvalue weighted by Gasteiger charge is 2.15. The second kappa shape index (κ2) is 11.3. The molecule has 2 aromatic rings. The molecule has 6 nitrogen and oxygen atoms in total. The largest absolute Gasteiger partial charge is 1.00 e. The molecule has 0 unspecified atom stereocenters. The third kappa shape index (κ3) is 7.25. The zero-order chi connectivity index (χ0) is 18.1. The molecular weight excluding hydrogens is 374 g/mol. The van der Waals surface area contributed by atoms with E-state index in [1.54, 1.807) is 24.3 Å². The van der Waals surface area contributed by atoms with E-state index in [4.69, 9.17) is 5.73 Å². The standard InChI is InChI=1S/C18H19N3O3S.ClH/c19-16(22)13-20-18(24)14-7-2-3-8-15(14)25-17(23)9-6-12-21-10-4-1-5-11-21;/h1-5,7-8,10-11H,6,9,12-13H2,(H2-,19,20,22,24);1H. The van der Waals surface area contributed by atoms with Crippen LogP contribution in [-0.4, -0.2) is 23.5 Å². The predicted molar refractivity (Wildman–Crippen MR) is 94.7 cm³/mol. The molecule has 0 atom stereocenters. The number of aromatic nitrogens is 1. The van der Waals surface area contributed by atoms with E-state index in [0.29, 0.717) is 16.9 Å². The quantitative estimate of drug-likeness (QED) is 0.412. The van der Waals surface area contributed by atoms with Gasteiger partial charge in [0.15, 0.2) is 17.5 Å². The van der Waals surface area contributed by atoms with Crippen molar-refractivity contribution in [1.29, 1.82) is 0 Å². The summed E-state index contributed by atoms with van der Waals surface area (Å²) < 4.78 is 2.02. The van der Waals surface area contributed by atoms with E-state index in [9.17, 15) is 14.4 Å². The minimum atomic E-state index is -0.618. The molecule has 0 aliphatic carbocycles. The third-order valence-electron chi connectivity index (χ3n) is 3.35. The van der Waals surface area contributed by atoms with Crippen LogP contribution in [0.2, 0.25) is 0 Å². The van der Waals surface area contributed by atoms with Crippen LogP contribution in [0, 0.1) is 0 Å². The van der Waals surface area contributed by atoms with Crippen molar-refractivity contribution in [2.45, 2.75) is 24.3 Å². The highest BCUT2D eigenvalue weighted by Crippen LogP contribution is 2.24. The summed E-state index contributed by atoms with van der Waals surface area (Å²) in [5, 5.41) is 2.43. The molecule has 2 amide bonds. The van der Waals surface area contributed by atoms with Gasteiger partial charge in [-0.3, -0.25) is 14.4 Å². The molecule has 138 valence electrons. The molecule has 1 aromatic heterocycles. The lowest BCUT2D eigenvalue weighted by Crippen LogP contribution is -3.00. The number of benzene rings is 1. The van der Waals surface area contributed by atoms with Crippen molar-refractivity contribution >= 4 is 28.7 Å². The van der Waals surface area contributed by atoms with Crippen molar-refractivity contribution in [1.82, 2.24) is 5.32 Å². The van der Waals surface area contributed by atoms with Crippen LogP contribution in [0.5, 0.6) is 0 Å². The lowest BCUT2D eigenvalue weighted by atomic mass is 10.2. The molecule has 0 saturated heterocycles. The number of thioether (sulfide) groups is 1. The Morgan fingerprint density at radius 1 is 1.04 bits per heavy atom. The average molecular weight is 394 g/mol. The van der Waals surface area contributed by atoms with E-state index >= 15 is 0 Å². The average Bonchev–Trinajstić information content (AvgIpc) is 2.61. The molecule has 0 fully saturated rings. The Labute approximate surface area is 162 Å². The highest BCUT2D eigenvalue weighted by molar-refractivity contribution is 8.13. The third-order valence-corrected chi connectivity index (χ3v) is 4.36. The lowest BCUT2D eigenvalue weighted by Gasteiger charge is -2.08. The summed E-state index contributed by atoms with van der Waals surface area (Å²) in [5.41, 5.74) is 5.39. The van der Waals surface area contributed by atoms with E-state index in [1.807, 2.05) is 35.2 Å². The van der Waals surface area contributed by atoms with Crippen LogP contribution in [-0.2, 0) is 16.1 Å². The normalized spacial score (nSPS) is 9.85. The molecule has 0 bridgehead atoms. The zero-order valence-electron chi connectivity index (χ0n) is 14.1. The minimum absolute atomic E-state index is 0. The Hall–Kier alpha value is -2.38. The van der Waals surface area contributed by atoms with Gasteiger partial charge in [-0.1, -0.05) is 30.0 Å². The molecule has 0 aliphatic rings. The summed E-state index contributed by atoms with van der Waals surface area (Å²) in [4.78, 5) is 35.6. The number of carbonyl (C=O) groups excluding carboxylic acids is 3. The van der Waals surface area contributed by atoms with Crippen molar-refractivity contribution in [3.63, 3.8) is 0 Å². The molecule has 8 heteroatoms. The summed E-state index contributed by atoms with van der Waals surface area (Å²) in [6.07, 6.45) is 5.03. The number of carbonyl (C=O) groups is 3. The van der Waals surface area contributed by atoms with Crippen LogP contribution in [0.25, 0.3) is 0 Å². The second-order valence-electron chi connectivity index (χ2n) is 5.34. The van der Waals surface area contributed by atoms with Gasteiger partial charge in [-0.05, 0) is 12.1 Å². The predicted octanol–water partition coefficient (Wildman–Crippen LogP) is -1.71. The van der Waals surface area contributed by atoms with Crippen LogP contribution in [0.15, 0.2) is 59.8 Å². The maximum absolute atomic E-state index is 12.2. The van der Waals surface area contributed by atoms with Gasteiger partial charge in [0.25, 0.3) is 5.91 Å². The van der Waals surface area contributed by atoms with Crippen LogP contribution in [0.4, 0.5) is 0 Å². The molecule has 1 aromatic carbocycles. The Kier molecular flexibility index (Phi) is 9.40. The maximum atomic E-state index is 12.2. The number of nitrogens with one attached hydrogen (secondary N) is 1. The number of hydrogen-bond acceptors (Lipinski definition) is 4. The molecule has 0 aliphatic heterocycles. The molecule has 2 rings (SSSR count). The smallest absolute Gasteiger partial charge is 0.252 e. The first-order valence-corrected chi connectivity index (χ1v) is 8.68. The van der Waals surface area contributed by atoms with E-state index in [1.165, 1.54) is 0 Å². The second-order valence-corrected chi connectivity index (χ2v) is 6.44.